The smallest absolute Gasteiger partial charge is 0.249 e. The molecule has 286 valence electrons. The number of ether oxygens (including phenoxy) is 1. The summed E-state index contributed by atoms with van der Waals surface area (Å²) in [7, 11) is 1.61. The molecule has 3 aliphatic heterocycles. The van der Waals surface area contributed by atoms with E-state index in [4.69, 9.17) is 16.3 Å². The molecule has 0 radical (unpaired) electrons. The SMILES string of the molecule is COc1cc(N2CCN(C(=O)CN3CCC(c4ccc(NC5CCC(=O)NC5=O)cc4)C3)CC2)ccc1Nc1ncc(Cl)c(Nc2ccccc2C(C)=O)n1. The molecule has 55 heavy (non-hydrogen) atoms. The average molecular weight is 766 g/mol. The monoisotopic (exact) mass is 765 g/mol. The Kier molecular flexibility index (Phi) is 11.4. The molecule has 0 spiro atoms. The minimum absolute atomic E-state index is 0.0787. The number of hydrogen-bond donors (Lipinski definition) is 4. The molecule has 0 aliphatic carbocycles. The Hall–Kier alpha value is -5.73. The van der Waals surface area contributed by atoms with Crippen LogP contribution in [0, 0.1) is 0 Å². The highest BCUT2D eigenvalue weighted by Gasteiger charge is 2.29. The van der Waals surface area contributed by atoms with Crippen LogP contribution in [-0.2, 0) is 14.4 Å². The van der Waals surface area contributed by atoms with Gasteiger partial charge >= 0.3 is 0 Å². The molecule has 1 aromatic heterocycles. The van der Waals surface area contributed by atoms with Crippen LogP contribution in [0.2, 0.25) is 5.02 Å². The van der Waals surface area contributed by atoms with Crippen LogP contribution in [-0.4, -0.2) is 102 Å². The molecule has 2 unspecified atom stereocenters. The first-order chi connectivity index (χ1) is 26.6. The number of imide groups is 1. The molecular formula is C40H44ClN9O5. The third kappa shape index (κ3) is 8.98. The van der Waals surface area contributed by atoms with E-state index in [1.807, 2.05) is 41.3 Å². The van der Waals surface area contributed by atoms with Gasteiger partial charge in [0, 0.05) is 62.1 Å². The van der Waals surface area contributed by atoms with Gasteiger partial charge in [-0.15, -0.1) is 0 Å². The lowest BCUT2D eigenvalue weighted by Crippen LogP contribution is -2.51. The van der Waals surface area contributed by atoms with Gasteiger partial charge in [0.1, 0.15) is 16.8 Å². The van der Waals surface area contributed by atoms with Gasteiger partial charge in [-0.1, -0.05) is 35.9 Å². The number of methoxy groups -OCH3 is 1. The number of amides is 3. The van der Waals surface area contributed by atoms with Gasteiger partial charge in [-0.05, 0) is 74.2 Å². The van der Waals surface area contributed by atoms with Gasteiger partial charge < -0.3 is 30.5 Å². The maximum absolute atomic E-state index is 13.4. The van der Waals surface area contributed by atoms with Gasteiger partial charge in [0.2, 0.25) is 23.7 Å². The van der Waals surface area contributed by atoms with Crippen LogP contribution in [0.4, 0.5) is 34.5 Å². The van der Waals surface area contributed by atoms with Gasteiger partial charge in [-0.25, -0.2) is 4.98 Å². The largest absolute Gasteiger partial charge is 0.494 e. The summed E-state index contributed by atoms with van der Waals surface area (Å²) in [5, 5.41) is 12.3. The number of halogens is 1. The van der Waals surface area contributed by atoms with E-state index in [1.54, 1.807) is 25.3 Å². The Morgan fingerprint density at radius 3 is 2.47 bits per heavy atom. The third-order valence-corrected chi connectivity index (χ3v) is 10.6. The van der Waals surface area contributed by atoms with E-state index in [0.717, 1.165) is 30.9 Å². The highest BCUT2D eigenvalue weighted by molar-refractivity contribution is 6.33. The molecule has 14 nitrogen and oxygen atoms in total. The zero-order chi connectivity index (χ0) is 38.5. The quantitative estimate of drug-likeness (QED) is 0.111. The number of carbonyl (C=O) groups excluding carboxylic acids is 4. The number of ketones is 1. The van der Waals surface area contributed by atoms with Crippen LogP contribution < -0.4 is 30.9 Å². The minimum Gasteiger partial charge on any atom is -0.494 e. The predicted molar refractivity (Wildman–Crippen MR) is 212 cm³/mol. The molecule has 15 heteroatoms. The molecule has 0 saturated carbocycles. The van der Waals surface area contributed by atoms with Crippen molar-refractivity contribution in [3.63, 3.8) is 0 Å². The molecule has 3 saturated heterocycles. The summed E-state index contributed by atoms with van der Waals surface area (Å²) in [5.74, 6) is 1.14. The number of nitrogens with one attached hydrogen (secondary N) is 4. The number of piperazine rings is 1. The van der Waals surface area contributed by atoms with Gasteiger partial charge in [0.25, 0.3) is 0 Å². The van der Waals surface area contributed by atoms with Crippen molar-refractivity contribution in [3.05, 3.63) is 89.1 Å². The van der Waals surface area contributed by atoms with E-state index >= 15 is 0 Å². The van der Waals surface area contributed by atoms with Crippen molar-refractivity contribution in [2.45, 2.75) is 38.1 Å². The van der Waals surface area contributed by atoms with Crippen LogP contribution in [0.5, 0.6) is 5.75 Å². The molecule has 2 atom stereocenters. The lowest BCUT2D eigenvalue weighted by molar-refractivity contribution is -0.134. The topological polar surface area (TPSA) is 161 Å². The average Bonchev–Trinajstić information content (AvgIpc) is 3.66. The van der Waals surface area contributed by atoms with E-state index in [-0.39, 0.29) is 23.5 Å². The van der Waals surface area contributed by atoms with E-state index in [9.17, 15) is 19.2 Å². The fourth-order valence-electron chi connectivity index (χ4n) is 7.28. The number of para-hydroxylation sites is 1. The van der Waals surface area contributed by atoms with Crippen LogP contribution in [0.25, 0.3) is 0 Å². The molecule has 3 aromatic carbocycles. The molecular weight excluding hydrogens is 722 g/mol. The normalized spacial score (nSPS) is 18.8. The van der Waals surface area contributed by atoms with Crippen molar-refractivity contribution < 1.29 is 23.9 Å². The molecule has 0 bridgehead atoms. The Bertz CT molecular complexity index is 2070. The van der Waals surface area contributed by atoms with Crippen LogP contribution in [0.3, 0.4) is 0 Å². The van der Waals surface area contributed by atoms with Crippen molar-refractivity contribution in [1.82, 2.24) is 25.1 Å². The lowest BCUT2D eigenvalue weighted by atomic mass is 9.98. The second-order valence-corrected chi connectivity index (χ2v) is 14.4. The van der Waals surface area contributed by atoms with Crippen LogP contribution in [0.15, 0.2) is 72.9 Å². The van der Waals surface area contributed by atoms with E-state index in [0.29, 0.717) is 91.0 Å². The summed E-state index contributed by atoms with van der Waals surface area (Å²) in [5.41, 5.74) is 4.83. The summed E-state index contributed by atoms with van der Waals surface area (Å²) in [6.07, 6.45) is 3.29. The van der Waals surface area contributed by atoms with Crippen molar-refractivity contribution >= 4 is 69.6 Å². The van der Waals surface area contributed by atoms with Crippen molar-refractivity contribution in [2.75, 3.05) is 73.8 Å². The zero-order valence-electron chi connectivity index (χ0n) is 30.8. The van der Waals surface area contributed by atoms with Crippen molar-refractivity contribution in [3.8, 4) is 5.75 Å². The number of piperidine rings is 1. The molecule has 4 N–H and O–H groups in total. The zero-order valence-corrected chi connectivity index (χ0v) is 31.6. The number of hydrogen-bond acceptors (Lipinski definition) is 12. The highest BCUT2D eigenvalue weighted by Crippen LogP contribution is 2.34. The highest BCUT2D eigenvalue weighted by atomic mass is 35.5. The maximum atomic E-state index is 13.4. The molecule has 4 aromatic rings. The Labute approximate surface area is 324 Å². The number of benzene rings is 3. The summed E-state index contributed by atoms with van der Waals surface area (Å²) < 4.78 is 5.74. The van der Waals surface area contributed by atoms with Crippen molar-refractivity contribution in [2.24, 2.45) is 0 Å². The molecule has 3 aliphatic rings. The number of rotatable bonds is 12. The van der Waals surface area contributed by atoms with Crippen LogP contribution >= 0.6 is 11.6 Å². The fourth-order valence-corrected chi connectivity index (χ4v) is 7.42. The second-order valence-electron chi connectivity index (χ2n) is 14.0. The lowest BCUT2D eigenvalue weighted by Gasteiger charge is -2.37. The molecule has 3 amide bonds. The molecule has 4 heterocycles. The Morgan fingerprint density at radius 1 is 0.945 bits per heavy atom. The molecule has 3 fully saturated rings. The maximum Gasteiger partial charge on any atom is 0.249 e. The van der Waals surface area contributed by atoms with Gasteiger partial charge in [-0.3, -0.25) is 29.4 Å². The van der Waals surface area contributed by atoms with E-state index < -0.39 is 6.04 Å². The number of anilines is 6. The third-order valence-electron chi connectivity index (χ3n) is 10.3. The summed E-state index contributed by atoms with van der Waals surface area (Å²) in [6.45, 7) is 6.22. The number of carbonyl (C=O) groups is 4. The first-order valence-corrected chi connectivity index (χ1v) is 18.8. The van der Waals surface area contributed by atoms with E-state index in [2.05, 4.69) is 53.2 Å². The van der Waals surface area contributed by atoms with Gasteiger partial charge in [-0.2, -0.15) is 4.98 Å². The summed E-state index contributed by atoms with van der Waals surface area (Å²) in [6, 6.07) is 20.7. The Morgan fingerprint density at radius 2 is 1.73 bits per heavy atom. The first kappa shape index (κ1) is 37.6. The van der Waals surface area contributed by atoms with Crippen LogP contribution in [0.1, 0.15) is 48.0 Å². The Balaban J connectivity index is 0.894. The summed E-state index contributed by atoms with van der Waals surface area (Å²) >= 11 is 6.41. The van der Waals surface area contributed by atoms with Crippen molar-refractivity contribution in [1.29, 1.82) is 0 Å². The fraction of sp³-hybridized carbons (Fsp3) is 0.350. The van der Waals surface area contributed by atoms with E-state index in [1.165, 1.54) is 18.7 Å². The minimum atomic E-state index is -0.412. The predicted octanol–water partition coefficient (Wildman–Crippen LogP) is 5.18. The van der Waals surface area contributed by atoms with Gasteiger partial charge in [0.05, 0.1) is 31.2 Å². The number of nitrogens with zero attached hydrogens (tertiary/aromatic N) is 5. The first-order valence-electron chi connectivity index (χ1n) is 18.4. The standard InChI is InChI=1S/C40H44ClN9O5/c1-25(51)30-5-3-4-6-32(30)44-38-31(41)22-42-40(47-38)45-33-12-11-29(21-35(33)55-2)49-17-19-50(20-18-49)37(53)24-48-16-15-27(23-48)26-7-9-28(10-8-26)43-34-13-14-36(52)46-39(34)54/h3-12,21-22,27,34,43H,13-20,23-24H2,1-2H3,(H,46,52,54)(H2,42,44,45,47). The number of Topliss-reactive ketones (excluding diaryl/α,β-unsaturated/α-hetero) is 1. The number of aromatic nitrogens is 2. The van der Waals surface area contributed by atoms with Gasteiger partial charge in [0.15, 0.2) is 11.6 Å². The second kappa shape index (κ2) is 16.7. The molecule has 7 rings (SSSR count). The number of likely N-dealkylation sites (tertiary alicyclic amines) is 1. The summed E-state index contributed by atoms with van der Waals surface area (Å²) in [4.78, 5) is 64.4.